The summed E-state index contributed by atoms with van der Waals surface area (Å²) in [5.74, 6) is -0.251. The van der Waals surface area contributed by atoms with E-state index >= 15 is 0 Å². The highest BCUT2D eigenvalue weighted by molar-refractivity contribution is 5.82. The molecular weight excluding hydrogens is 262 g/mol. The number of nitrogens with zero attached hydrogens (tertiary/aromatic N) is 1. The molecule has 1 heterocycles. The van der Waals surface area contributed by atoms with Crippen molar-refractivity contribution in [2.75, 3.05) is 26.9 Å². The lowest BCUT2D eigenvalue weighted by Gasteiger charge is -2.27. The molecule has 0 aromatic carbocycles. The Morgan fingerprint density at radius 1 is 1.30 bits per heavy atom. The first-order valence-electron chi connectivity index (χ1n) is 6.93. The molecule has 0 aromatic heterocycles. The number of likely N-dealkylation sites (tertiary alicyclic amines) is 1. The molecular formula is C14H25NO5. The van der Waals surface area contributed by atoms with Gasteiger partial charge in [0.05, 0.1) is 13.2 Å². The molecule has 1 fully saturated rings. The molecule has 0 N–H and O–H groups in total. The summed E-state index contributed by atoms with van der Waals surface area (Å²) < 4.78 is 15.5. The van der Waals surface area contributed by atoms with E-state index < -0.39 is 17.7 Å². The highest BCUT2D eigenvalue weighted by Gasteiger charge is 2.42. The van der Waals surface area contributed by atoms with Gasteiger partial charge in [-0.2, -0.15) is 0 Å². The number of hydrogen-bond acceptors (Lipinski definition) is 5. The van der Waals surface area contributed by atoms with Crippen LogP contribution in [0.5, 0.6) is 0 Å². The first kappa shape index (κ1) is 16.8. The first-order valence-corrected chi connectivity index (χ1v) is 6.93. The third-order valence-electron chi connectivity index (χ3n) is 2.98. The predicted octanol–water partition coefficient (Wildman–Crippen LogP) is 1.82. The fraction of sp³-hybridized carbons (Fsp3) is 0.857. The second kappa shape index (κ2) is 6.92. The Labute approximate surface area is 120 Å². The van der Waals surface area contributed by atoms with Gasteiger partial charge in [-0.3, -0.25) is 4.90 Å². The van der Waals surface area contributed by atoms with Gasteiger partial charge in [0.2, 0.25) is 0 Å². The van der Waals surface area contributed by atoms with Gasteiger partial charge < -0.3 is 14.2 Å². The minimum atomic E-state index is -0.588. The molecule has 6 heteroatoms. The van der Waals surface area contributed by atoms with Crippen LogP contribution in [0.1, 0.15) is 34.1 Å². The maximum Gasteiger partial charge on any atom is 0.411 e. The number of methoxy groups -OCH3 is 1. The third-order valence-corrected chi connectivity index (χ3v) is 2.98. The minimum Gasteiger partial charge on any atom is -0.464 e. The van der Waals surface area contributed by atoms with E-state index in [2.05, 4.69) is 0 Å². The molecule has 1 rings (SSSR count). The van der Waals surface area contributed by atoms with Crippen molar-refractivity contribution in [3.63, 3.8) is 0 Å². The van der Waals surface area contributed by atoms with E-state index in [-0.39, 0.29) is 11.9 Å². The molecule has 6 nitrogen and oxygen atoms in total. The molecule has 20 heavy (non-hydrogen) atoms. The maximum absolute atomic E-state index is 12.2. The standard InChI is InChI=1S/C14H25NO5/c1-6-19-12(16)11-7-10(9-18-5)8-15(11)13(17)20-14(2,3)4/h10-11H,6-9H2,1-5H3/t10-,11-/m0/s1. The highest BCUT2D eigenvalue weighted by Crippen LogP contribution is 2.26. The van der Waals surface area contributed by atoms with Crippen LogP contribution in [-0.4, -0.2) is 55.5 Å². The summed E-state index contributed by atoms with van der Waals surface area (Å²) in [4.78, 5) is 25.6. The molecule has 116 valence electrons. The average molecular weight is 287 g/mol. The first-order chi connectivity index (χ1) is 9.28. The van der Waals surface area contributed by atoms with E-state index in [9.17, 15) is 9.59 Å². The zero-order valence-corrected chi connectivity index (χ0v) is 13.0. The summed E-state index contributed by atoms with van der Waals surface area (Å²) in [5, 5.41) is 0. The molecule has 0 aliphatic carbocycles. The van der Waals surface area contributed by atoms with Crippen LogP contribution < -0.4 is 0 Å². The number of ether oxygens (including phenoxy) is 3. The quantitative estimate of drug-likeness (QED) is 0.738. The third kappa shape index (κ3) is 4.67. The van der Waals surface area contributed by atoms with Gasteiger partial charge in [0, 0.05) is 19.6 Å². The van der Waals surface area contributed by atoms with Gasteiger partial charge in [0.15, 0.2) is 0 Å². The van der Waals surface area contributed by atoms with Gasteiger partial charge in [-0.25, -0.2) is 9.59 Å². The Morgan fingerprint density at radius 3 is 2.45 bits per heavy atom. The van der Waals surface area contributed by atoms with E-state index in [1.807, 2.05) is 0 Å². The van der Waals surface area contributed by atoms with Crippen molar-refractivity contribution >= 4 is 12.1 Å². The summed E-state index contributed by atoms with van der Waals surface area (Å²) in [7, 11) is 1.61. The van der Waals surface area contributed by atoms with Crippen LogP contribution >= 0.6 is 0 Å². The number of amides is 1. The molecule has 0 saturated carbocycles. The van der Waals surface area contributed by atoms with E-state index in [4.69, 9.17) is 14.2 Å². The predicted molar refractivity (Wildman–Crippen MR) is 73.3 cm³/mol. The fourth-order valence-electron chi connectivity index (χ4n) is 2.26. The molecule has 2 atom stereocenters. The summed E-state index contributed by atoms with van der Waals surface area (Å²) >= 11 is 0. The lowest BCUT2D eigenvalue weighted by atomic mass is 10.1. The van der Waals surface area contributed by atoms with Gasteiger partial charge in [0.25, 0.3) is 0 Å². The summed E-state index contributed by atoms with van der Waals surface area (Å²) in [5.41, 5.74) is -0.588. The minimum absolute atomic E-state index is 0.127. The van der Waals surface area contributed by atoms with Crippen LogP contribution in [0.25, 0.3) is 0 Å². The van der Waals surface area contributed by atoms with E-state index in [0.717, 1.165) is 0 Å². The van der Waals surface area contributed by atoms with Crippen LogP contribution in [0.3, 0.4) is 0 Å². The van der Waals surface area contributed by atoms with Gasteiger partial charge >= 0.3 is 12.1 Å². The van der Waals surface area contributed by atoms with Gasteiger partial charge in [-0.1, -0.05) is 0 Å². The molecule has 0 radical (unpaired) electrons. The molecule has 0 bridgehead atoms. The van der Waals surface area contributed by atoms with Gasteiger partial charge in [0.1, 0.15) is 11.6 Å². The van der Waals surface area contributed by atoms with Crippen LogP contribution in [0.15, 0.2) is 0 Å². The van der Waals surface area contributed by atoms with E-state index in [1.165, 1.54) is 4.90 Å². The monoisotopic (exact) mass is 287 g/mol. The van der Waals surface area contributed by atoms with Crippen molar-refractivity contribution in [2.45, 2.75) is 45.8 Å². The molecule has 0 aromatic rings. The van der Waals surface area contributed by atoms with Crippen molar-refractivity contribution in [1.29, 1.82) is 0 Å². The number of carbonyl (C=O) groups is 2. The van der Waals surface area contributed by atoms with E-state index in [1.54, 1.807) is 34.8 Å². The van der Waals surface area contributed by atoms with Gasteiger partial charge in [-0.05, 0) is 34.1 Å². The summed E-state index contributed by atoms with van der Waals surface area (Å²) in [6.07, 6.45) is 0.0699. The number of carbonyl (C=O) groups excluding carboxylic acids is 2. The normalized spacial score (nSPS) is 22.8. The number of rotatable bonds is 4. The van der Waals surface area contributed by atoms with Crippen LogP contribution in [-0.2, 0) is 19.0 Å². The van der Waals surface area contributed by atoms with Crippen LogP contribution in [0, 0.1) is 5.92 Å². The summed E-state index contributed by atoms with van der Waals surface area (Å²) in [6, 6.07) is -0.579. The Kier molecular flexibility index (Phi) is 5.80. The zero-order valence-electron chi connectivity index (χ0n) is 13.0. The molecule has 1 amide bonds. The highest BCUT2D eigenvalue weighted by atomic mass is 16.6. The second-order valence-electron chi connectivity index (χ2n) is 5.96. The largest absolute Gasteiger partial charge is 0.464 e. The Balaban J connectivity index is 2.77. The summed E-state index contributed by atoms with van der Waals surface area (Å²) in [6.45, 7) is 8.40. The molecule has 1 aliphatic heterocycles. The van der Waals surface area contributed by atoms with Crippen molar-refractivity contribution in [1.82, 2.24) is 4.90 Å². The van der Waals surface area contributed by atoms with Crippen LogP contribution in [0.4, 0.5) is 4.79 Å². The van der Waals surface area contributed by atoms with E-state index in [0.29, 0.717) is 26.2 Å². The smallest absolute Gasteiger partial charge is 0.411 e. The molecule has 1 aliphatic rings. The van der Waals surface area contributed by atoms with Crippen molar-refractivity contribution in [2.24, 2.45) is 5.92 Å². The number of hydrogen-bond donors (Lipinski definition) is 0. The van der Waals surface area contributed by atoms with Gasteiger partial charge in [-0.15, -0.1) is 0 Å². The fourth-order valence-corrected chi connectivity index (χ4v) is 2.26. The Hall–Kier alpha value is -1.30. The lowest BCUT2D eigenvalue weighted by Crippen LogP contribution is -2.44. The molecule has 1 saturated heterocycles. The SMILES string of the molecule is CCOC(=O)[C@@H]1C[C@H](COC)CN1C(=O)OC(C)(C)C. The Bertz CT molecular complexity index is 350. The van der Waals surface area contributed by atoms with Crippen molar-refractivity contribution in [3.8, 4) is 0 Å². The average Bonchev–Trinajstić information content (AvgIpc) is 2.72. The molecule has 0 spiro atoms. The lowest BCUT2D eigenvalue weighted by molar-refractivity contribution is -0.148. The number of esters is 1. The maximum atomic E-state index is 12.2. The topological polar surface area (TPSA) is 65.1 Å². The Morgan fingerprint density at radius 2 is 1.95 bits per heavy atom. The molecule has 0 unspecified atom stereocenters. The van der Waals surface area contributed by atoms with Crippen molar-refractivity contribution < 1.29 is 23.8 Å². The van der Waals surface area contributed by atoms with Crippen LogP contribution in [0.2, 0.25) is 0 Å². The second-order valence-corrected chi connectivity index (χ2v) is 5.96. The zero-order chi connectivity index (χ0) is 15.3. The van der Waals surface area contributed by atoms with Crippen molar-refractivity contribution in [3.05, 3.63) is 0 Å².